The van der Waals surface area contributed by atoms with Crippen molar-refractivity contribution in [3.8, 4) is 12.3 Å². The highest BCUT2D eigenvalue weighted by atomic mass is 16.6. The molecule has 1 aromatic rings. The Balaban J connectivity index is 3.26. The maximum atomic E-state index is 13.4. The molecule has 1 rings (SSSR count). The highest BCUT2D eigenvalue weighted by molar-refractivity contribution is 5.92. The van der Waals surface area contributed by atoms with Gasteiger partial charge in [0.1, 0.15) is 17.7 Å². The van der Waals surface area contributed by atoms with Crippen LogP contribution in [-0.4, -0.2) is 71.0 Å². The van der Waals surface area contributed by atoms with Gasteiger partial charge >= 0.3 is 6.09 Å². The number of unbranched alkanes of at least 4 members (excludes halogenated alkanes) is 2. The average molecular weight is 476 g/mol. The van der Waals surface area contributed by atoms with Crippen LogP contribution >= 0.6 is 0 Å². The molecule has 0 heterocycles. The zero-order valence-corrected chi connectivity index (χ0v) is 20.5. The second-order valence-electron chi connectivity index (χ2n) is 8.80. The third-order valence-corrected chi connectivity index (χ3v) is 4.83. The summed E-state index contributed by atoms with van der Waals surface area (Å²) in [6.07, 6.45) is 7.24. The monoisotopic (exact) mass is 475 g/mol. The van der Waals surface area contributed by atoms with Gasteiger partial charge in [0.2, 0.25) is 11.8 Å². The summed E-state index contributed by atoms with van der Waals surface area (Å²) in [4.78, 5) is 39.9. The van der Waals surface area contributed by atoms with Crippen LogP contribution in [0.15, 0.2) is 24.3 Å². The van der Waals surface area contributed by atoms with Crippen molar-refractivity contribution in [2.24, 2.45) is 0 Å². The Morgan fingerprint density at radius 1 is 1.15 bits per heavy atom. The van der Waals surface area contributed by atoms with E-state index < -0.39 is 48.8 Å². The lowest BCUT2D eigenvalue weighted by atomic mass is 10.0. The molecule has 188 valence electrons. The summed E-state index contributed by atoms with van der Waals surface area (Å²) in [6, 6.07) is 4.09. The van der Waals surface area contributed by atoms with Crippen molar-refractivity contribution >= 4 is 17.9 Å². The number of aliphatic hydroxyl groups is 2. The topological polar surface area (TPSA) is 128 Å². The van der Waals surface area contributed by atoms with Crippen molar-refractivity contribution in [3.63, 3.8) is 0 Å². The van der Waals surface area contributed by atoms with Gasteiger partial charge in [-0.1, -0.05) is 37.8 Å². The van der Waals surface area contributed by atoms with Crippen LogP contribution in [0.2, 0.25) is 0 Å². The van der Waals surface area contributed by atoms with E-state index in [2.05, 4.69) is 16.6 Å². The Bertz CT molecular complexity index is 842. The van der Waals surface area contributed by atoms with E-state index in [1.165, 1.54) is 0 Å². The van der Waals surface area contributed by atoms with Gasteiger partial charge in [0.05, 0.1) is 13.2 Å². The summed E-state index contributed by atoms with van der Waals surface area (Å²) in [5.41, 5.74) is 0.269. The van der Waals surface area contributed by atoms with Gasteiger partial charge in [-0.05, 0) is 44.9 Å². The molecule has 3 amide bonds. The number of hydrogen-bond acceptors (Lipinski definition) is 6. The number of carbonyl (C=O) groups is 3. The maximum absolute atomic E-state index is 13.4. The van der Waals surface area contributed by atoms with Crippen LogP contribution in [-0.2, 0) is 14.3 Å². The van der Waals surface area contributed by atoms with E-state index in [0.717, 1.165) is 24.2 Å². The Morgan fingerprint density at radius 3 is 2.29 bits per heavy atom. The van der Waals surface area contributed by atoms with E-state index >= 15 is 0 Å². The normalized spacial score (nSPS) is 12.7. The number of rotatable bonds is 12. The van der Waals surface area contributed by atoms with Crippen LogP contribution in [0, 0.1) is 12.3 Å². The number of carbonyl (C=O) groups excluding carboxylic acids is 3. The van der Waals surface area contributed by atoms with Gasteiger partial charge in [0.25, 0.3) is 0 Å². The largest absolute Gasteiger partial charge is 0.444 e. The van der Waals surface area contributed by atoms with E-state index in [4.69, 9.17) is 11.2 Å². The Hall–Kier alpha value is -3.09. The highest BCUT2D eigenvalue weighted by Gasteiger charge is 2.35. The van der Waals surface area contributed by atoms with Gasteiger partial charge < -0.3 is 30.5 Å². The first-order chi connectivity index (χ1) is 16.1. The van der Waals surface area contributed by atoms with Gasteiger partial charge in [-0.3, -0.25) is 9.59 Å². The second-order valence-corrected chi connectivity index (χ2v) is 8.80. The SMILES string of the molecule is C#Cc1ccc(C(C(=O)NCCCCC)N(CCO)C(=O)C(CO)NC(=O)OC(C)(C)C)cc1. The van der Waals surface area contributed by atoms with Crippen molar-refractivity contribution in [3.05, 3.63) is 35.4 Å². The average Bonchev–Trinajstić information content (AvgIpc) is 2.78. The number of nitrogens with zero attached hydrogens (tertiary/aromatic N) is 1. The zero-order chi connectivity index (χ0) is 25.7. The zero-order valence-electron chi connectivity index (χ0n) is 20.5. The molecule has 0 bridgehead atoms. The lowest BCUT2D eigenvalue weighted by Gasteiger charge is -2.33. The Kier molecular flexibility index (Phi) is 12.1. The molecule has 2 atom stereocenters. The van der Waals surface area contributed by atoms with Crippen molar-refractivity contribution in [1.29, 1.82) is 0 Å². The molecule has 1 aromatic carbocycles. The van der Waals surface area contributed by atoms with Crippen LogP contribution < -0.4 is 10.6 Å². The minimum absolute atomic E-state index is 0.199. The van der Waals surface area contributed by atoms with Gasteiger partial charge in [0, 0.05) is 18.7 Å². The molecule has 9 nitrogen and oxygen atoms in total. The molecule has 0 radical (unpaired) electrons. The first-order valence-corrected chi connectivity index (χ1v) is 11.4. The summed E-state index contributed by atoms with van der Waals surface area (Å²) < 4.78 is 5.17. The fraction of sp³-hybridized carbons (Fsp3) is 0.560. The van der Waals surface area contributed by atoms with E-state index in [1.54, 1.807) is 45.0 Å². The predicted molar refractivity (Wildman–Crippen MR) is 129 cm³/mol. The van der Waals surface area contributed by atoms with Crippen LogP contribution in [0.4, 0.5) is 4.79 Å². The second kappa shape index (κ2) is 14.2. The van der Waals surface area contributed by atoms with Crippen LogP contribution in [0.25, 0.3) is 0 Å². The van der Waals surface area contributed by atoms with Crippen molar-refractivity contribution in [2.75, 3.05) is 26.3 Å². The number of ether oxygens (including phenoxy) is 1. The summed E-state index contributed by atoms with van der Waals surface area (Å²) >= 11 is 0. The van der Waals surface area contributed by atoms with E-state index in [-0.39, 0.29) is 6.54 Å². The molecule has 0 saturated carbocycles. The van der Waals surface area contributed by atoms with Crippen LogP contribution in [0.1, 0.15) is 64.1 Å². The minimum atomic E-state index is -1.37. The van der Waals surface area contributed by atoms with E-state index in [0.29, 0.717) is 17.7 Å². The summed E-state index contributed by atoms with van der Waals surface area (Å²) in [6.45, 7) is 6.12. The van der Waals surface area contributed by atoms with Gasteiger partial charge in [0.15, 0.2) is 0 Å². The van der Waals surface area contributed by atoms with Crippen molar-refractivity contribution < 1.29 is 29.3 Å². The molecule has 0 spiro atoms. The minimum Gasteiger partial charge on any atom is -0.444 e. The third kappa shape index (κ3) is 9.41. The Morgan fingerprint density at radius 2 is 1.79 bits per heavy atom. The molecule has 2 unspecified atom stereocenters. The van der Waals surface area contributed by atoms with E-state index in [1.807, 2.05) is 6.92 Å². The van der Waals surface area contributed by atoms with Crippen molar-refractivity contribution in [2.45, 2.75) is 64.6 Å². The number of nitrogens with one attached hydrogen (secondary N) is 2. The molecule has 9 heteroatoms. The number of hydrogen-bond donors (Lipinski definition) is 4. The fourth-order valence-electron chi connectivity index (χ4n) is 3.23. The Labute approximate surface area is 201 Å². The lowest BCUT2D eigenvalue weighted by molar-refractivity contribution is -0.143. The first kappa shape index (κ1) is 28.9. The fourth-order valence-corrected chi connectivity index (χ4v) is 3.23. The number of terminal acetylenes is 1. The van der Waals surface area contributed by atoms with Crippen LogP contribution in [0.5, 0.6) is 0 Å². The molecule has 4 N–H and O–H groups in total. The summed E-state index contributed by atoms with van der Waals surface area (Å²) in [7, 11) is 0. The number of aliphatic hydroxyl groups excluding tert-OH is 2. The van der Waals surface area contributed by atoms with Crippen molar-refractivity contribution in [1.82, 2.24) is 15.5 Å². The molecule has 0 saturated heterocycles. The van der Waals surface area contributed by atoms with Gasteiger partial charge in [-0.2, -0.15) is 0 Å². The molecule has 0 aliphatic carbocycles. The van der Waals surface area contributed by atoms with Gasteiger partial charge in [-0.25, -0.2) is 4.79 Å². The maximum Gasteiger partial charge on any atom is 0.408 e. The molecule has 0 aliphatic rings. The molecular weight excluding hydrogens is 438 g/mol. The summed E-state index contributed by atoms with van der Waals surface area (Å²) in [5, 5.41) is 24.7. The number of amides is 3. The highest BCUT2D eigenvalue weighted by Crippen LogP contribution is 2.23. The third-order valence-electron chi connectivity index (χ3n) is 4.83. The van der Waals surface area contributed by atoms with Crippen LogP contribution in [0.3, 0.4) is 0 Å². The smallest absolute Gasteiger partial charge is 0.408 e. The first-order valence-electron chi connectivity index (χ1n) is 11.4. The molecule has 0 aliphatic heterocycles. The number of benzene rings is 1. The molecule has 0 fully saturated rings. The predicted octanol–water partition coefficient (Wildman–Crippen LogP) is 1.72. The molecule has 0 aromatic heterocycles. The number of alkyl carbamates (subject to hydrolysis) is 1. The molecular formula is C25H37N3O6. The summed E-state index contributed by atoms with van der Waals surface area (Å²) in [5.74, 6) is 1.32. The molecule has 34 heavy (non-hydrogen) atoms. The standard InChI is InChI=1S/C25H37N3O6/c1-6-8-9-14-26-22(31)21(19-12-10-18(7-2)11-13-19)28(15-16-29)23(32)20(17-30)27-24(33)34-25(3,4)5/h2,10-13,20-21,29-30H,6,8-9,14-17H2,1,3-5H3,(H,26,31)(H,27,33). The van der Waals surface area contributed by atoms with E-state index in [9.17, 15) is 24.6 Å². The van der Waals surface area contributed by atoms with Gasteiger partial charge in [-0.15, -0.1) is 6.42 Å². The lowest BCUT2D eigenvalue weighted by Crippen LogP contribution is -2.55. The quantitative estimate of drug-likeness (QED) is 0.269.